The number of rotatable bonds is 4. The molecule has 2 amide bonds. The van der Waals surface area contributed by atoms with Crippen LogP contribution in [0.5, 0.6) is 5.75 Å². The lowest BCUT2D eigenvalue weighted by molar-refractivity contribution is 0.167. The topological polar surface area (TPSA) is 72.8 Å². The van der Waals surface area contributed by atoms with Gasteiger partial charge in [0.1, 0.15) is 17.4 Å². The van der Waals surface area contributed by atoms with Gasteiger partial charge >= 0.3 is 6.03 Å². The number of carbonyl (C=O) groups excluding carboxylic acids is 1. The molecule has 1 aromatic carbocycles. The second kappa shape index (κ2) is 7.92. The van der Waals surface area contributed by atoms with Crippen molar-refractivity contribution in [3.05, 3.63) is 36.2 Å². The molecule has 0 spiro atoms. The molecule has 0 unspecified atom stereocenters. The molecule has 0 aromatic heterocycles. The van der Waals surface area contributed by atoms with Crippen LogP contribution in [0.1, 0.15) is 13.3 Å². The molecule has 8 nitrogen and oxygen atoms in total. The normalized spacial score (nSPS) is 21.2. The number of amides is 2. The molecule has 0 radical (unpaired) electrons. The summed E-state index contributed by atoms with van der Waals surface area (Å²) in [5, 5.41) is 2.94. The first-order chi connectivity index (χ1) is 13.7. The van der Waals surface area contributed by atoms with Crippen molar-refractivity contribution in [1.82, 2.24) is 14.7 Å². The minimum atomic E-state index is -0.0805. The minimum absolute atomic E-state index is 0.0805. The van der Waals surface area contributed by atoms with E-state index >= 15 is 0 Å². The fourth-order valence-electron chi connectivity index (χ4n) is 3.54. The molecule has 4 rings (SSSR count). The molecule has 1 aromatic rings. The smallest absolute Gasteiger partial charge is 0.321 e. The van der Waals surface area contributed by atoms with Gasteiger partial charge in [-0.3, -0.25) is 4.99 Å². The number of urea groups is 1. The summed E-state index contributed by atoms with van der Waals surface area (Å²) in [5.41, 5.74) is 0.762. The first kappa shape index (κ1) is 18.3. The number of anilines is 1. The highest BCUT2D eigenvalue weighted by molar-refractivity contribution is 6.03. The molecule has 8 heteroatoms. The molecule has 0 aliphatic carbocycles. The zero-order valence-electron chi connectivity index (χ0n) is 16.3. The van der Waals surface area contributed by atoms with Crippen LogP contribution in [0.3, 0.4) is 0 Å². The number of ether oxygens (including phenoxy) is 1. The fourth-order valence-corrected chi connectivity index (χ4v) is 3.54. The Morgan fingerprint density at radius 3 is 2.64 bits per heavy atom. The van der Waals surface area contributed by atoms with Gasteiger partial charge < -0.3 is 24.8 Å². The van der Waals surface area contributed by atoms with Crippen LogP contribution in [0, 0.1) is 0 Å². The van der Waals surface area contributed by atoms with Crippen LogP contribution in [0.25, 0.3) is 0 Å². The number of fused-ring (bicyclic) bond motifs is 1. The lowest BCUT2D eigenvalue weighted by Gasteiger charge is -2.36. The van der Waals surface area contributed by atoms with Crippen LogP contribution in [0.4, 0.5) is 10.5 Å². The third kappa shape index (κ3) is 3.81. The summed E-state index contributed by atoms with van der Waals surface area (Å²) < 4.78 is 5.14. The summed E-state index contributed by atoms with van der Waals surface area (Å²) in [5.74, 6) is 2.70. The maximum Gasteiger partial charge on any atom is 0.321 e. The van der Waals surface area contributed by atoms with E-state index in [2.05, 4.69) is 33.1 Å². The lowest BCUT2D eigenvalue weighted by Crippen LogP contribution is -2.49. The Hall–Kier alpha value is -3.03. The van der Waals surface area contributed by atoms with Crippen molar-refractivity contribution < 1.29 is 9.53 Å². The summed E-state index contributed by atoms with van der Waals surface area (Å²) in [6, 6.07) is 7.62. The second-order valence-corrected chi connectivity index (χ2v) is 7.08. The zero-order chi connectivity index (χ0) is 19.5. The average molecular weight is 382 g/mol. The predicted molar refractivity (Wildman–Crippen MR) is 110 cm³/mol. The van der Waals surface area contributed by atoms with Crippen molar-refractivity contribution in [2.75, 3.05) is 45.2 Å². The molecule has 148 valence electrons. The van der Waals surface area contributed by atoms with Crippen molar-refractivity contribution >= 4 is 23.9 Å². The van der Waals surface area contributed by atoms with Crippen molar-refractivity contribution in [1.29, 1.82) is 0 Å². The van der Waals surface area contributed by atoms with Gasteiger partial charge in [0, 0.05) is 44.5 Å². The Balaban J connectivity index is 1.32. The molecule has 1 N–H and O–H groups in total. The summed E-state index contributed by atoms with van der Waals surface area (Å²) in [6.45, 7) is 5.89. The number of benzene rings is 1. The molecule has 0 saturated carbocycles. The summed E-state index contributed by atoms with van der Waals surface area (Å²) in [6.07, 6.45) is 4.98. The summed E-state index contributed by atoms with van der Waals surface area (Å²) in [4.78, 5) is 28.0. The molecular formula is C20H26N6O2. The van der Waals surface area contributed by atoms with E-state index in [-0.39, 0.29) is 6.03 Å². The van der Waals surface area contributed by atoms with Crippen LogP contribution < -0.4 is 10.1 Å². The number of hydrogen-bond donors (Lipinski definition) is 1. The molecule has 3 aliphatic rings. The SMILES string of the molecule is CC[C@@H]1CN2C=NC(N3CCN(C(=O)Nc4ccc(OC)cc4)CC3)=CC2=N1. The van der Waals surface area contributed by atoms with E-state index < -0.39 is 0 Å². The number of methoxy groups -OCH3 is 1. The van der Waals surface area contributed by atoms with Crippen LogP contribution in [0.15, 0.2) is 46.1 Å². The van der Waals surface area contributed by atoms with Gasteiger partial charge in [-0.25, -0.2) is 9.79 Å². The summed E-state index contributed by atoms with van der Waals surface area (Å²) in [7, 11) is 1.62. The van der Waals surface area contributed by atoms with Gasteiger partial charge in [-0.2, -0.15) is 0 Å². The van der Waals surface area contributed by atoms with Crippen molar-refractivity contribution in [2.24, 2.45) is 9.98 Å². The highest BCUT2D eigenvalue weighted by Crippen LogP contribution is 2.20. The number of nitrogens with one attached hydrogen (secondary N) is 1. The van der Waals surface area contributed by atoms with Gasteiger partial charge in [0.25, 0.3) is 0 Å². The fraction of sp³-hybridized carbons (Fsp3) is 0.450. The number of carbonyl (C=O) groups is 1. The molecule has 3 aliphatic heterocycles. The molecule has 1 fully saturated rings. The number of nitrogens with zero attached hydrogens (tertiary/aromatic N) is 5. The second-order valence-electron chi connectivity index (χ2n) is 7.08. The van der Waals surface area contributed by atoms with E-state index in [1.165, 1.54) is 0 Å². The Bertz CT molecular complexity index is 808. The molecule has 0 bridgehead atoms. The first-order valence-corrected chi connectivity index (χ1v) is 9.71. The third-order valence-electron chi connectivity index (χ3n) is 5.31. The van der Waals surface area contributed by atoms with Gasteiger partial charge in [-0.1, -0.05) is 6.92 Å². The lowest BCUT2D eigenvalue weighted by atomic mass is 10.2. The van der Waals surface area contributed by atoms with E-state index in [1.54, 1.807) is 7.11 Å². The Morgan fingerprint density at radius 2 is 1.96 bits per heavy atom. The van der Waals surface area contributed by atoms with Crippen LogP contribution in [0.2, 0.25) is 0 Å². The Morgan fingerprint density at radius 1 is 1.21 bits per heavy atom. The average Bonchev–Trinajstić information content (AvgIpc) is 3.17. The Kier molecular flexibility index (Phi) is 5.18. The number of amidine groups is 1. The zero-order valence-corrected chi connectivity index (χ0v) is 16.3. The maximum absolute atomic E-state index is 12.5. The van der Waals surface area contributed by atoms with Crippen LogP contribution in [-0.4, -0.2) is 78.8 Å². The standard InChI is InChI=1S/C20H26N6O2/c1-3-15-13-26-14-21-18(12-19(26)22-15)24-8-10-25(11-9-24)20(27)23-16-4-6-17(28-2)7-5-16/h4-7,12,14-15H,3,8-11,13H2,1-2H3,(H,23,27)/t15-/m1/s1. The molecule has 1 saturated heterocycles. The van der Waals surface area contributed by atoms with Crippen LogP contribution >= 0.6 is 0 Å². The molecule has 3 heterocycles. The van der Waals surface area contributed by atoms with Crippen molar-refractivity contribution in [3.63, 3.8) is 0 Å². The van der Waals surface area contributed by atoms with Crippen LogP contribution in [-0.2, 0) is 0 Å². The van der Waals surface area contributed by atoms with Gasteiger partial charge in [0.15, 0.2) is 0 Å². The Labute approximate surface area is 165 Å². The van der Waals surface area contributed by atoms with E-state index in [4.69, 9.17) is 9.73 Å². The quantitative estimate of drug-likeness (QED) is 0.867. The first-order valence-electron chi connectivity index (χ1n) is 9.71. The maximum atomic E-state index is 12.5. The van der Waals surface area contributed by atoms with Crippen molar-refractivity contribution in [3.8, 4) is 5.75 Å². The molecular weight excluding hydrogens is 356 g/mol. The van der Waals surface area contributed by atoms with Gasteiger partial charge in [0.05, 0.1) is 19.5 Å². The van der Waals surface area contributed by atoms with E-state index in [9.17, 15) is 4.79 Å². The summed E-state index contributed by atoms with van der Waals surface area (Å²) >= 11 is 0. The van der Waals surface area contributed by atoms with Gasteiger partial charge in [-0.05, 0) is 30.7 Å². The third-order valence-corrected chi connectivity index (χ3v) is 5.31. The largest absolute Gasteiger partial charge is 0.497 e. The van der Waals surface area contributed by atoms with E-state index in [1.807, 2.05) is 35.5 Å². The van der Waals surface area contributed by atoms with Crippen molar-refractivity contribution in [2.45, 2.75) is 19.4 Å². The number of hydrogen-bond acceptors (Lipinski definition) is 6. The number of aliphatic imine (C=N–C) groups is 2. The van der Waals surface area contributed by atoms with Gasteiger partial charge in [0.2, 0.25) is 0 Å². The highest BCUT2D eigenvalue weighted by atomic mass is 16.5. The van der Waals surface area contributed by atoms with E-state index in [0.29, 0.717) is 19.1 Å². The van der Waals surface area contributed by atoms with Gasteiger partial charge in [-0.15, -0.1) is 0 Å². The molecule has 28 heavy (non-hydrogen) atoms. The minimum Gasteiger partial charge on any atom is -0.497 e. The highest BCUT2D eigenvalue weighted by Gasteiger charge is 2.27. The number of piperazine rings is 1. The monoisotopic (exact) mass is 382 g/mol. The predicted octanol–water partition coefficient (Wildman–Crippen LogP) is 2.22. The molecule has 1 atom stereocenters. The van der Waals surface area contributed by atoms with E-state index in [0.717, 1.165) is 49.1 Å².